The number of hydrogen-bond acceptors (Lipinski definition) is 4. The summed E-state index contributed by atoms with van der Waals surface area (Å²) >= 11 is 0. The fourth-order valence-corrected chi connectivity index (χ4v) is 2.74. The number of benzene rings is 2. The third kappa shape index (κ3) is 3.38. The molecular formula is C19H17FN2O3. The van der Waals surface area contributed by atoms with Crippen LogP contribution >= 0.6 is 0 Å². The van der Waals surface area contributed by atoms with E-state index in [-0.39, 0.29) is 18.1 Å². The fraction of sp³-hybridized carbons (Fsp3) is 0.158. The summed E-state index contributed by atoms with van der Waals surface area (Å²) in [5.41, 5.74) is 2.83. The van der Waals surface area contributed by atoms with Gasteiger partial charge in [-0.1, -0.05) is 17.3 Å². The first-order chi connectivity index (χ1) is 12.1. The summed E-state index contributed by atoms with van der Waals surface area (Å²) in [5, 5.41) is 3.82. The minimum absolute atomic E-state index is 0.0953. The average Bonchev–Trinajstić information content (AvgIpc) is 2.97. The van der Waals surface area contributed by atoms with Gasteiger partial charge in [0.1, 0.15) is 18.7 Å². The summed E-state index contributed by atoms with van der Waals surface area (Å²) in [6.07, 6.45) is 1.69. The number of methoxy groups -OCH3 is 1. The van der Waals surface area contributed by atoms with Crippen LogP contribution in [0.4, 0.5) is 10.1 Å². The van der Waals surface area contributed by atoms with Crippen LogP contribution in [0.5, 0.6) is 5.75 Å². The Labute approximate surface area is 145 Å². The number of amides is 1. The highest BCUT2D eigenvalue weighted by atomic mass is 19.1. The number of hydrogen-bond donors (Lipinski definition) is 0. The second kappa shape index (κ2) is 7.17. The normalized spacial score (nSPS) is 14.5. The highest BCUT2D eigenvalue weighted by Crippen LogP contribution is 2.35. The minimum Gasteiger partial charge on any atom is -0.497 e. The number of anilines is 1. The van der Waals surface area contributed by atoms with E-state index in [1.54, 1.807) is 48.4 Å². The fourth-order valence-electron chi connectivity index (χ4n) is 2.74. The lowest BCUT2D eigenvalue weighted by molar-refractivity contribution is -0.116. The van der Waals surface area contributed by atoms with Crippen molar-refractivity contribution in [1.82, 2.24) is 0 Å². The molecule has 0 unspecified atom stereocenters. The number of halogens is 1. The predicted molar refractivity (Wildman–Crippen MR) is 93.9 cm³/mol. The Morgan fingerprint density at radius 2 is 1.76 bits per heavy atom. The summed E-state index contributed by atoms with van der Waals surface area (Å²) in [6.45, 7) is 0. The highest BCUT2D eigenvalue weighted by molar-refractivity contribution is 6.17. The molecule has 0 aromatic heterocycles. The van der Waals surface area contributed by atoms with E-state index in [1.807, 2.05) is 0 Å². The van der Waals surface area contributed by atoms with Crippen LogP contribution in [0.15, 0.2) is 59.4 Å². The molecule has 128 valence electrons. The lowest BCUT2D eigenvalue weighted by Gasteiger charge is -2.18. The highest BCUT2D eigenvalue weighted by Gasteiger charge is 2.31. The number of oxime groups is 1. The molecule has 1 heterocycles. The molecule has 2 aromatic rings. The monoisotopic (exact) mass is 340 g/mol. The van der Waals surface area contributed by atoms with Crippen molar-refractivity contribution in [3.8, 4) is 5.75 Å². The topological polar surface area (TPSA) is 51.1 Å². The molecule has 0 aliphatic carbocycles. The van der Waals surface area contributed by atoms with E-state index in [1.165, 1.54) is 25.5 Å². The zero-order valence-corrected chi connectivity index (χ0v) is 13.9. The molecule has 1 aliphatic rings. The molecule has 0 atom stereocenters. The number of ether oxygens (including phenoxy) is 1. The van der Waals surface area contributed by atoms with Crippen molar-refractivity contribution in [2.75, 3.05) is 19.1 Å². The Hall–Kier alpha value is -3.15. The van der Waals surface area contributed by atoms with Gasteiger partial charge in [0.2, 0.25) is 5.91 Å². The van der Waals surface area contributed by atoms with Gasteiger partial charge in [-0.25, -0.2) is 4.39 Å². The zero-order valence-electron chi connectivity index (χ0n) is 13.9. The van der Waals surface area contributed by atoms with Crippen LogP contribution in [0.3, 0.4) is 0 Å². The summed E-state index contributed by atoms with van der Waals surface area (Å²) in [7, 11) is 3.02. The molecule has 5 nitrogen and oxygen atoms in total. The zero-order chi connectivity index (χ0) is 17.8. The summed E-state index contributed by atoms with van der Waals surface area (Å²) in [6, 6.07) is 13.2. The molecule has 0 saturated carbocycles. The standard InChI is InChI=1S/C19H17FN2O3/c1-24-16-9-7-15(8-10-16)22-18(12-21-25-2)17(11-19(22)23)13-3-5-14(20)6-4-13/h3-10,12H,11H2,1-2H3/b21-12+. The molecule has 0 radical (unpaired) electrons. The van der Waals surface area contributed by atoms with Crippen molar-refractivity contribution in [2.24, 2.45) is 5.16 Å². The van der Waals surface area contributed by atoms with Gasteiger partial charge in [-0.05, 0) is 47.5 Å². The first kappa shape index (κ1) is 16.7. The smallest absolute Gasteiger partial charge is 0.236 e. The third-order valence-corrected chi connectivity index (χ3v) is 3.93. The number of carbonyl (C=O) groups is 1. The number of nitrogens with zero attached hydrogens (tertiary/aromatic N) is 2. The van der Waals surface area contributed by atoms with Crippen molar-refractivity contribution in [3.63, 3.8) is 0 Å². The van der Waals surface area contributed by atoms with Crippen LogP contribution in [0.25, 0.3) is 5.57 Å². The molecule has 0 fully saturated rings. The Morgan fingerprint density at radius 3 is 2.36 bits per heavy atom. The molecule has 1 aliphatic heterocycles. The van der Waals surface area contributed by atoms with E-state index in [0.717, 1.165) is 11.1 Å². The minimum atomic E-state index is -0.326. The largest absolute Gasteiger partial charge is 0.497 e. The molecule has 2 aromatic carbocycles. The van der Waals surface area contributed by atoms with Gasteiger partial charge in [-0.3, -0.25) is 9.69 Å². The van der Waals surface area contributed by atoms with Crippen LogP contribution in [0.2, 0.25) is 0 Å². The van der Waals surface area contributed by atoms with Crippen LogP contribution < -0.4 is 9.64 Å². The van der Waals surface area contributed by atoms with Gasteiger partial charge in [0.05, 0.1) is 25.4 Å². The molecule has 0 N–H and O–H groups in total. The van der Waals surface area contributed by atoms with Crippen molar-refractivity contribution < 1.29 is 18.8 Å². The van der Waals surface area contributed by atoms with E-state index in [4.69, 9.17) is 9.57 Å². The van der Waals surface area contributed by atoms with Crippen molar-refractivity contribution in [3.05, 3.63) is 65.6 Å². The predicted octanol–water partition coefficient (Wildman–Crippen LogP) is 3.61. The molecular weight excluding hydrogens is 323 g/mol. The maximum absolute atomic E-state index is 13.2. The molecule has 1 amide bonds. The molecule has 0 saturated heterocycles. The first-order valence-electron chi connectivity index (χ1n) is 7.66. The first-order valence-corrected chi connectivity index (χ1v) is 7.66. The van der Waals surface area contributed by atoms with E-state index in [9.17, 15) is 9.18 Å². The maximum atomic E-state index is 13.2. The van der Waals surface area contributed by atoms with Gasteiger partial charge in [-0.2, -0.15) is 0 Å². The van der Waals surface area contributed by atoms with Crippen LogP contribution in [-0.4, -0.2) is 26.3 Å². The van der Waals surface area contributed by atoms with Gasteiger partial charge in [0.15, 0.2) is 0 Å². The number of rotatable bonds is 5. The Balaban J connectivity index is 2.07. The second-order valence-corrected chi connectivity index (χ2v) is 5.39. The lowest BCUT2D eigenvalue weighted by atomic mass is 10.0. The Kier molecular flexibility index (Phi) is 4.79. The van der Waals surface area contributed by atoms with E-state index < -0.39 is 0 Å². The van der Waals surface area contributed by atoms with E-state index in [0.29, 0.717) is 17.1 Å². The van der Waals surface area contributed by atoms with Crippen molar-refractivity contribution >= 4 is 23.4 Å². The number of allylic oxidation sites excluding steroid dienone is 1. The van der Waals surface area contributed by atoms with E-state index >= 15 is 0 Å². The van der Waals surface area contributed by atoms with Crippen molar-refractivity contribution in [1.29, 1.82) is 0 Å². The SMILES string of the molecule is CO/N=C/C1=C(c2ccc(F)cc2)CC(=O)N1c1ccc(OC)cc1. The third-order valence-electron chi connectivity index (χ3n) is 3.93. The van der Waals surface area contributed by atoms with Crippen LogP contribution in [-0.2, 0) is 9.63 Å². The van der Waals surface area contributed by atoms with Gasteiger partial charge in [0.25, 0.3) is 0 Å². The van der Waals surface area contributed by atoms with Crippen LogP contribution in [0, 0.1) is 5.82 Å². The van der Waals surface area contributed by atoms with Crippen molar-refractivity contribution in [2.45, 2.75) is 6.42 Å². The summed E-state index contributed by atoms with van der Waals surface area (Å²) in [5.74, 6) is 0.278. The molecule has 0 bridgehead atoms. The molecule has 6 heteroatoms. The molecule has 3 rings (SSSR count). The second-order valence-electron chi connectivity index (χ2n) is 5.39. The van der Waals surface area contributed by atoms with Crippen LogP contribution in [0.1, 0.15) is 12.0 Å². The lowest BCUT2D eigenvalue weighted by Crippen LogP contribution is -2.25. The molecule has 25 heavy (non-hydrogen) atoms. The summed E-state index contributed by atoms with van der Waals surface area (Å²) in [4.78, 5) is 19.0. The Bertz CT molecular complexity index is 827. The number of carbonyl (C=O) groups excluding carboxylic acids is 1. The van der Waals surface area contributed by atoms with Gasteiger partial charge < -0.3 is 9.57 Å². The average molecular weight is 340 g/mol. The quantitative estimate of drug-likeness (QED) is 0.617. The van der Waals surface area contributed by atoms with Gasteiger partial charge in [-0.15, -0.1) is 0 Å². The van der Waals surface area contributed by atoms with Gasteiger partial charge in [0, 0.05) is 5.69 Å². The Morgan fingerprint density at radius 1 is 1.08 bits per heavy atom. The van der Waals surface area contributed by atoms with E-state index in [2.05, 4.69) is 5.16 Å². The summed E-state index contributed by atoms with van der Waals surface area (Å²) < 4.78 is 18.4. The molecule has 0 spiro atoms. The maximum Gasteiger partial charge on any atom is 0.236 e. The van der Waals surface area contributed by atoms with Gasteiger partial charge >= 0.3 is 0 Å².